The van der Waals surface area contributed by atoms with Gasteiger partial charge in [-0.2, -0.15) is 0 Å². The van der Waals surface area contributed by atoms with E-state index in [4.69, 9.17) is 11.5 Å². The Labute approximate surface area is 116 Å². The molecule has 0 spiro atoms. The van der Waals surface area contributed by atoms with Crippen molar-refractivity contribution in [3.05, 3.63) is 12.1 Å². The Kier molecular flexibility index (Phi) is 4.40. The fourth-order valence-corrected chi connectivity index (χ4v) is 2.55. The smallest absolute Gasteiger partial charge is 0.0904 e. The van der Waals surface area contributed by atoms with Gasteiger partial charge in [-0.05, 0) is 25.0 Å². The fraction of sp³-hybridized carbons (Fsp3) is 0.600. The molecular formula is C15H26N4. The Morgan fingerprint density at radius 2 is 1.32 bits per heavy atom. The summed E-state index contributed by atoms with van der Waals surface area (Å²) >= 11 is 0. The molecule has 19 heavy (non-hydrogen) atoms. The minimum absolute atomic E-state index is 0.692. The maximum atomic E-state index is 5.96. The normalized spacial score (nSPS) is 14.0. The number of hydrogen-bond donors (Lipinski definition) is 2. The molecule has 1 aliphatic heterocycles. The predicted octanol–water partition coefficient (Wildman–Crippen LogP) is 3.04. The third-order valence-electron chi connectivity index (χ3n) is 3.77. The van der Waals surface area contributed by atoms with Crippen LogP contribution in [0.3, 0.4) is 0 Å². The molecule has 0 amide bonds. The highest BCUT2D eigenvalue weighted by molar-refractivity contribution is 5.85. The summed E-state index contributed by atoms with van der Waals surface area (Å²) in [5.41, 5.74) is 15.8. The summed E-state index contributed by atoms with van der Waals surface area (Å²) in [5, 5.41) is 0. The molecule has 0 saturated carbocycles. The summed E-state index contributed by atoms with van der Waals surface area (Å²) in [6.07, 6.45) is 4.85. The summed E-state index contributed by atoms with van der Waals surface area (Å²) in [6, 6.07) is 4.07. The lowest BCUT2D eigenvalue weighted by Crippen LogP contribution is -2.32. The van der Waals surface area contributed by atoms with Gasteiger partial charge in [-0.25, -0.2) is 0 Å². The van der Waals surface area contributed by atoms with Crippen molar-refractivity contribution in [2.45, 2.75) is 39.5 Å². The van der Waals surface area contributed by atoms with E-state index >= 15 is 0 Å². The Hall–Kier alpha value is -1.58. The van der Waals surface area contributed by atoms with Gasteiger partial charge in [0.15, 0.2) is 0 Å². The minimum atomic E-state index is 0.692. The third kappa shape index (κ3) is 2.88. The molecule has 0 fully saturated rings. The molecule has 1 aromatic carbocycles. The molecule has 4 heteroatoms. The molecule has 0 bridgehead atoms. The highest BCUT2D eigenvalue weighted by Crippen LogP contribution is 2.40. The fourth-order valence-electron chi connectivity index (χ4n) is 2.55. The largest absolute Gasteiger partial charge is 0.397 e. The van der Waals surface area contributed by atoms with E-state index in [1.165, 1.54) is 37.1 Å². The minimum Gasteiger partial charge on any atom is -0.397 e. The second-order valence-electron chi connectivity index (χ2n) is 5.35. The van der Waals surface area contributed by atoms with Crippen LogP contribution in [0.1, 0.15) is 39.5 Å². The van der Waals surface area contributed by atoms with Crippen LogP contribution in [-0.4, -0.2) is 19.8 Å². The molecular weight excluding hydrogens is 236 g/mol. The number of benzene rings is 1. The molecule has 4 N–H and O–H groups in total. The van der Waals surface area contributed by atoms with Crippen LogP contribution in [-0.2, 0) is 0 Å². The van der Waals surface area contributed by atoms with Gasteiger partial charge in [0.05, 0.1) is 29.4 Å². The molecule has 106 valence electrons. The molecule has 1 aromatic rings. The predicted molar refractivity (Wildman–Crippen MR) is 84.6 cm³/mol. The first-order chi connectivity index (χ1) is 9.17. The number of nitrogens with zero attached hydrogens (tertiary/aromatic N) is 2. The average molecular weight is 262 g/mol. The number of fused-ring (bicyclic) bond motifs is 1. The molecule has 0 aliphatic carbocycles. The number of nitrogen functional groups attached to an aromatic ring is 2. The Morgan fingerprint density at radius 3 is 1.68 bits per heavy atom. The van der Waals surface area contributed by atoms with Gasteiger partial charge >= 0.3 is 0 Å². The van der Waals surface area contributed by atoms with Crippen molar-refractivity contribution in [2.24, 2.45) is 0 Å². The van der Waals surface area contributed by atoms with Gasteiger partial charge in [0, 0.05) is 13.1 Å². The van der Waals surface area contributed by atoms with Crippen LogP contribution in [0.2, 0.25) is 0 Å². The van der Waals surface area contributed by atoms with E-state index in [1.807, 2.05) is 12.1 Å². The van der Waals surface area contributed by atoms with Crippen LogP contribution in [0.4, 0.5) is 22.7 Å². The molecule has 0 unspecified atom stereocenters. The van der Waals surface area contributed by atoms with Crippen LogP contribution in [0.5, 0.6) is 0 Å². The van der Waals surface area contributed by atoms with Crippen LogP contribution in [0.25, 0.3) is 0 Å². The van der Waals surface area contributed by atoms with E-state index in [0.717, 1.165) is 19.8 Å². The molecule has 2 rings (SSSR count). The molecule has 1 heterocycles. The maximum Gasteiger partial charge on any atom is 0.0904 e. The second kappa shape index (κ2) is 6.04. The lowest BCUT2D eigenvalue weighted by atomic mass is 10.2. The van der Waals surface area contributed by atoms with Crippen LogP contribution in [0, 0.1) is 0 Å². The standard InChI is InChI=1S/C15H26N4/c1-3-5-7-18-11-19(8-6-4-2)15-10-13(17)12(16)9-14(15)18/h9-10H,3-8,11,16-17H2,1-2H3. The van der Waals surface area contributed by atoms with Crippen molar-refractivity contribution in [3.8, 4) is 0 Å². The van der Waals surface area contributed by atoms with Crippen LogP contribution < -0.4 is 21.3 Å². The highest BCUT2D eigenvalue weighted by atomic mass is 15.4. The SMILES string of the molecule is CCCCN1CN(CCCC)c2cc(N)c(N)cc21. The first-order valence-electron chi connectivity index (χ1n) is 7.36. The maximum absolute atomic E-state index is 5.96. The summed E-state index contributed by atoms with van der Waals surface area (Å²) in [5.74, 6) is 0. The molecule has 0 atom stereocenters. The van der Waals surface area contributed by atoms with Crippen molar-refractivity contribution < 1.29 is 0 Å². The number of nitrogens with two attached hydrogens (primary N) is 2. The lowest BCUT2D eigenvalue weighted by molar-refractivity contribution is 0.686. The van der Waals surface area contributed by atoms with Gasteiger partial charge in [-0.15, -0.1) is 0 Å². The van der Waals surface area contributed by atoms with Crippen LogP contribution in [0.15, 0.2) is 12.1 Å². The summed E-state index contributed by atoms with van der Waals surface area (Å²) in [4.78, 5) is 4.84. The van der Waals surface area contributed by atoms with E-state index in [2.05, 4.69) is 23.6 Å². The van der Waals surface area contributed by atoms with E-state index in [0.29, 0.717) is 11.4 Å². The van der Waals surface area contributed by atoms with Crippen molar-refractivity contribution in [1.29, 1.82) is 0 Å². The van der Waals surface area contributed by atoms with Gasteiger partial charge in [-0.3, -0.25) is 0 Å². The highest BCUT2D eigenvalue weighted by Gasteiger charge is 2.25. The van der Waals surface area contributed by atoms with Crippen molar-refractivity contribution in [1.82, 2.24) is 0 Å². The second-order valence-corrected chi connectivity index (χ2v) is 5.35. The number of hydrogen-bond acceptors (Lipinski definition) is 4. The van der Waals surface area contributed by atoms with Gasteiger partial charge in [0.2, 0.25) is 0 Å². The zero-order valence-electron chi connectivity index (χ0n) is 12.2. The van der Waals surface area contributed by atoms with Gasteiger partial charge < -0.3 is 21.3 Å². The van der Waals surface area contributed by atoms with E-state index < -0.39 is 0 Å². The topological polar surface area (TPSA) is 58.5 Å². The van der Waals surface area contributed by atoms with E-state index in [1.54, 1.807) is 0 Å². The Bertz CT molecular complexity index is 391. The summed E-state index contributed by atoms with van der Waals surface area (Å²) in [7, 11) is 0. The number of anilines is 4. The third-order valence-corrected chi connectivity index (χ3v) is 3.77. The summed E-state index contributed by atoms with van der Waals surface area (Å²) < 4.78 is 0. The number of rotatable bonds is 6. The molecule has 0 aromatic heterocycles. The Balaban J connectivity index is 2.23. The summed E-state index contributed by atoms with van der Waals surface area (Å²) in [6.45, 7) is 7.61. The van der Waals surface area contributed by atoms with Crippen molar-refractivity contribution >= 4 is 22.7 Å². The van der Waals surface area contributed by atoms with E-state index in [9.17, 15) is 0 Å². The first kappa shape index (κ1) is 13.8. The molecule has 0 saturated heterocycles. The van der Waals surface area contributed by atoms with Crippen LogP contribution >= 0.6 is 0 Å². The average Bonchev–Trinajstić information content (AvgIpc) is 2.72. The Morgan fingerprint density at radius 1 is 0.895 bits per heavy atom. The first-order valence-corrected chi connectivity index (χ1v) is 7.36. The van der Waals surface area contributed by atoms with Crippen molar-refractivity contribution in [2.75, 3.05) is 41.0 Å². The molecule has 4 nitrogen and oxygen atoms in total. The molecule has 1 aliphatic rings. The number of unbranched alkanes of at least 4 members (excludes halogenated alkanes) is 2. The zero-order chi connectivity index (χ0) is 13.8. The lowest BCUT2D eigenvalue weighted by Gasteiger charge is -2.21. The van der Waals surface area contributed by atoms with Gasteiger partial charge in [0.25, 0.3) is 0 Å². The van der Waals surface area contributed by atoms with E-state index in [-0.39, 0.29) is 0 Å². The quantitative estimate of drug-likeness (QED) is 0.774. The van der Waals surface area contributed by atoms with Gasteiger partial charge in [0.1, 0.15) is 0 Å². The molecule has 0 radical (unpaired) electrons. The van der Waals surface area contributed by atoms with Gasteiger partial charge in [-0.1, -0.05) is 26.7 Å². The van der Waals surface area contributed by atoms with Crippen molar-refractivity contribution in [3.63, 3.8) is 0 Å². The monoisotopic (exact) mass is 262 g/mol. The zero-order valence-corrected chi connectivity index (χ0v) is 12.2.